The molecule has 26 heavy (non-hydrogen) atoms. The van der Waals surface area contributed by atoms with E-state index in [4.69, 9.17) is 0 Å². The second kappa shape index (κ2) is 8.31. The molecular weight excluding hydrogens is 416 g/mol. The first-order valence-corrected chi connectivity index (χ1v) is 11.2. The maximum Gasteiger partial charge on any atom is 0.255 e. The van der Waals surface area contributed by atoms with E-state index >= 15 is 0 Å². The fourth-order valence-corrected chi connectivity index (χ4v) is 4.39. The van der Waals surface area contributed by atoms with Crippen molar-refractivity contribution in [1.82, 2.24) is 9.88 Å². The van der Waals surface area contributed by atoms with Gasteiger partial charge in [-0.1, -0.05) is 28.1 Å². The maximum absolute atomic E-state index is 12.9. The van der Waals surface area contributed by atoms with Crippen LogP contribution < -0.4 is 0 Å². The highest BCUT2D eigenvalue weighted by Crippen LogP contribution is 2.23. The smallest absolute Gasteiger partial charge is 0.255 e. The Morgan fingerprint density at radius 2 is 1.96 bits per heavy atom. The van der Waals surface area contributed by atoms with Gasteiger partial charge in [-0.05, 0) is 45.0 Å². The molecule has 0 N–H and O–H groups in total. The Morgan fingerprint density at radius 3 is 2.50 bits per heavy atom. The lowest BCUT2D eigenvalue weighted by molar-refractivity contribution is 0.0718. The maximum atomic E-state index is 12.9. The molecule has 0 aliphatic rings. The van der Waals surface area contributed by atoms with Crippen molar-refractivity contribution in [2.24, 2.45) is 0 Å². The van der Waals surface area contributed by atoms with Gasteiger partial charge in [0.25, 0.3) is 5.91 Å². The summed E-state index contributed by atoms with van der Waals surface area (Å²) in [7, 11) is -3.17. The van der Waals surface area contributed by atoms with Crippen molar-refractivity contribution in [3.63, 3.8) is 0 Å². The van der Waals surface area contributed by atoms with E-state index in [1.54, 1.807) is 24.8 Å². The number of rotatable bonds is 6. The van der Waals surface area contributed by atoms with Crippen molar-refractivity contribution in [2.75, 3.05) is 18.6 Å². The topological polar surface area (TPSA) is 67.3 Å². The zero-order valence-electron chi connectivity index (χ0n) is 15.4. The van der Waals surface area contributed by atoms with Crippen molar-refractivity contribution in [2.45, 2.75) is 26.8 Å². The van der Waals surface area contributed by atoms with Crippen molar-refractivity contribution < 1.29 is 13.2 Å². The highest BCUT2D eigenvalue weighted by atomic mass is 79.9. The Bertz CT molecular complexity index is 913. The number of hydrogen-bond donors (Lipinski definition) is 0. The van der Waals surface area contributed by atoms with Gasteiger partial charge in [0.15, 0.2) is 0 Å². The van der Waals surface area contributed by atoms with Crippen molar-refractivity contribution in [3.8, 4) is 11.3 Å². The number of amides is 1. The molecular formula is C19H23BrN2O3S. The van der Waals surface area contributed by atoms with Crippen LogP contribution >= 0.6 is 15.9 Å². The first kappa shape index (κ1) is 20.6. The minimum Gasteiger partial charge on any atom is -0.335 e. The van der Waals surface area contributed by atoms with Crippen LogP contribution in [0.3, 0.4) is 0 Å². The molecule has 1 heterocycles. The first-order chi connectivity index (χ1) is 12.1. The number of carbonyl (C=O) groups excluding carboxylic acids is 1. The lowest BCUT2D eigenvalue weighted by Crippen LogP contribution is -2.42. The monoisotopic (exact) mass is 438 g/mol. The molecule has 7 heteroatoms. The van der Waals surface area contributed by atoms with Gasteiger partial charge in [0, 0.05) is 28.9 Å². The second-order valence-electron chi connectivity index (χ2n) is 6.37. The Labute approximate surface area is 163 Å². The van der Waals surface area contributed by atoms with E-state index in [2.05, 4.69) is 20.9 Å². The summed E-state index contributed by atoms with van der Waals surface area (Å²) in [5.41, 5.74) is 2.86. The summed E-state index contributed by atoms with van der Waals surface area (Å²) in [5.74, 6) is -0.260. The molecule has 0 aliphatic heterocycles. The molecule has 1 unspecified atom stereocenters. The van der Waals surface area contributed by atoms with Crippen LogP contribution in [0.25, 0.3) is 11.3 Å². The van der Waals surface area contributed by atoms with Crippen LogP contribution in [-0.4, -0.2) is 48.8 Å². The summed E-state index contributed by atoms with van der Waals surface area (Å²) in [5, 5.41) is 0. The van der Waals surface area contributed by atoms with Crippen LogP contribution in [0.1, 0.15) is 29.9 Å². The number of hydrogen-bond acceptors (Lipinski definition) is 4. The standard InChI is InChI=1S/C19H23BrN2O3S/c1-5-22(13(2)12-26(4,24)25)19(23)17-9-10-18(21-14(17)3)15-7-6-8-16(20)11-15/h6-11,13H,5,12H2,1-4H3. The molecule has 0 fully saturated rings. The minimum absolute atomic E-state index is 0.0603. The lowest BCUT2D eigenvalue weighted by atomic mass is 10.1. The van der Waals surface area contributed by atoms with Crippen LogP contribution in [0.15, 0.2) is 40.9 Å². The quantitative estimate of drug-likeness (QED) is 0.688. The minimum atomic E-state index is -3.17. The highest BCUT2D eigenvalue weighted by molar-refractivity contribution is 9.10. The second-order valence-corrected chi connectivity index (χ2v) is 9.47. The fraction of sp³-hybridized carbons (Fsp3) is 0.368. The predicted octanol–water partition coefficient (Wildman–Crippen LogP) is 3.71. The largest absolute Gasteiger partial charge is 0.335 e. The number of nitrogens with zero attached hydrogens (tertiary/aromatic N) is 2. The summed E-state index contributed by atoms with van der Waals surface area (Å²) in [6.07, 6.45) is 1.18. The van der Waals surface area contributed by atoms with Gasteiger partial charge in [0.1, 0.15) is 9.84 Å². The molecule has 0 spiro atoms. The number of halogens is 1. The Morgan fingerprint density at radius 1 is 1.27 bits per heavy atom. The molecule has 0 saturated heterocycles. The van der Waals surface area contributed by atoms with E-state index in [1.807, 2.05) is 37.3 Å². The molecule has 2 rings (SSSR count). The van der Waals surface area contributed by atoms with Gasteiger partial charge in [-0.3, -0.25) is 9.78 Å². The van der Waals surface area contributed by atoms with E-state index in [9.17, 15) is 13.2 Å². The molecule has 2 aromatic rings. The van der Waals surface area contributed by atoms with Crippen LogP contribution in [0.4, 0.5) is 0 Å². The molecule has 0 bridgehead atoms. The number of sulfone groups is 1. The van der Waals surface area contributed by atoms with E-state index in [1.165, 1.54) is 6.26 Å². The fourth-order valence-electron chi connectivity index (χ4n) is 2.93. The molecule has 1 atom stereocenters. The molecule has 1 aromatic carbocycles. The average molecular weight is 439 g/mol. The summed E-state index contributed by atoms with van der Waals surface area (Å²) < 4.78 is 24.1. The van der Waals surface area contributed by atoms with E-state index in [0.29, 0.717) is 17.8 Å². The zero-order valence-corrected chi connectivity index (χ0v) is 17.8. The number of benzene rings is 1. The molecule has 1 aromatic heterocycles. The molecule has 140 valence electrons. The molecule has 1 amide bonds. The number of carbonyl (C=O) groups is 1. The van der Waals surface area contributed by atoms with Crippen molar-refractivity contribution in [1.29, 1.82) is 0 Å². The SMILES string of the molecule is CCN(C(=O)c1ccc(-c2cccc(Br)c2)nc1C)C(C)CS(C)(=O)=O. The zero-order chi connectivity index (χ0) is 19.5. The third kappa shape index (κ3) is 5.14. The Balaban J connectivity index is 2.31. The molecule has 5 nitrogen and oxygen atoms in total. The van der Waals surface area contributed by atoms with Gasteiger partial charge in [0.2, 0.25) is 0 Å². The van der Waals surface area contributed by atoms with Gasteiger partial charge in [-0.2, -0.15) is 0 Å². The average Bonchev–Trinajstić information content (AvgIpc) is 2.53. The summed E-state index contributed by atoms with van der Waals surface area (Å²) in [6, 6.07) is 11.0. The number of aryl methyl sites for hydroxylation is 1. The predicted molar refractivity (Wildman–Crippen MR) is 108 cm³/mol. The van der Waals surface area contributed by atoms with Gasteiger partial charge >= 0.3 is 0 Å². The van der Waals surface area contributed by atoms with Gasteiger partial charge < -0.3 is 4.90 Å². The Kier molecular flexibility index (Phi) is 6.58. The van der Waals surface area contributed by atoms with Crippen LogP contribution in [0.2, 0.25) is 0 Å². The summed E-state index contributed by atoms with van der Waals surface area (Å²) in [4.78, 5) is 19.1. The highest BCUT2D eigenvalue weighted by Gasteiger charge is 2.24. The van der Waals surface area contributed by atoms with Crippen LogP contribution in [-0.2, 0) is 9.84 Å². The van der Waals surface area contributed by atoms with Crippen molar-refractivity contribution in [3.05, 3.63) is 52.1 Å². The van der Waals surface area contributed by atoms with Crippen LogP contribution in [0, 0.1) is 6.92 Å². The van der Waals surface area contributed by atoms with E-state index in [0.717, 1.165) is 15.7 Å². The van der Waals surface area contributed by atoms with Gasteiger partial charge in [-0.25, -0.2) is 8.42 Å². The van der Waals surface area contributed by atoms with Crippen molar-refractivity contribution >= 4 is 31.7 Å². The van der Waals surface area contributed by atoms with E-state index in [-0.39, 0.29) is 11.7 Å². The molecule has 0 aliphatic carbocycles. The first-order valence-electron chi connectivity index (χ1n) is 8.34. The lowest BCUT2D eigenvalue weighted by Gasteiger charge is -2.28. The Hall–Kier alpha value is -1.73. The normalized spacial score (nSPS) is 12.7. The van der Waals surface area contributed by atoms with Gasteiger partial charge in [0.05, 0.1) is 22.7 Å². The van der Waals surface area contributed by atoms with E-state index < -0.39 is 15.9 Å². The third-order valence-electron chi connectivity index (χ3n) is 4.11. The number of pyridine rings is 1. The van der Waals surface area contributed by atoms with Gasteiger partial charge in [-0.15, -0.1) is 0 Å². The molecule has 0 radical (unpaired) electrons. The third-order valence-corrected chi connectivity index (χ3v) is 5.70. The summed E-state index contributed by atoms with van der Waals surface area (Å²) in [6.45, 7) is 5.82. The summed E-state index contributed by atoms with van der Waals surface area (Å²) >= 11 is 3.45. The molecule has 0 saturated carbocycles. The number of aromatic nitrogens is 1. The van der Waals surface area contributed by atoms with Crippen LogP contribution in [0.5, 0.6) is 0 Å².